The molecule has 1 aromatic heterocycles. The summed E-state index contributed by atoms with van der Waals surface area (Å²) in [5.41, 5.74) is 0.845. The van der Waals surface area contributed by atoms with Gasteiger partial charge in [-0.15, -0.1) is 5.10 Å². The Balaban J connectivity index is 2.27. The van der Waals surface area contributed by atoms with E-state index in [1.54, 1.807) is 42.5 Å². The molecule has 0 amide bonds. The van der Waals surface area contributed by atoms with E-state index in [0.29, 0.717) is 28.2 Å². The molecule has 0 bridgehead atoms. The first-order valence-corrected chi connectivity index (χ1v) is 9.40. The highest BCUT2D eigenvalue weighted by atomic mass is 35.5. The van der Waals surface area contributed by atoms with Crippen LogP contribution in [0.3, 0.4) is 0 Å². The number of fused-ring (bicyclic) bond motifs is 1. The molecule has 0 aliphatic heterocycles. The topological polar surface area (TPSA) is 104 Å². The number of benzene rings is 2. The van der Waals surface area contributed by atoms with E-state index in [1.807, 2.05) is 0 Å². The number of halogens is 3. The largest absolute Gasteiger partial charge is 0.493 e. The molecule has 30 heavy (non-hydrogen) atoms. The van der Waals surface area contributed by atoms with Gasteiger partial charge in [-0.1, -0.05) is 52.1 Å². The second-order valence-corrected chi connectivity index (χ2v) is 7.04. The van der Waals surface area contributed by atoms with E-state index >= 15 is 0 Å². The van der Waals surface area contributed by atoms with Crippen LogP contribution in [0.5, 0.6) is 11.5 Å². The van der Waals surface area contributed by atoms with Crippen LogP contribution in [0.15, 0.2) is 57.7 Å². The predicted octanol–water partition coefficient (Wildman–Crippen LogP) is 4.85. The zero-order valence-corrected chi connectivity index (χ0v) is 17.9. The highest BCUT2D eigenvalue weighted by molar-refractivity contribution is 6.59. The van der Waals surface area contributed by atoms with Gasteiger partial charge in [-0.25, -0.2) is 0 Å². The summed E-state index contributed by atoms with van der Waals surface area (Å²) in [6, 6.07) is 11.8. The number of methoxy groups -OCH3 is 2. The van der Waals surface area contributed by atoms with Crippen molar-refractivity contribution >= 4 is 57.3 Å². The molecule has 1 heterocycles. The maximum Gasteiger partial charge on any atom is 0.332 e. The molecule has 9 nitrogen and oxygen atoms in total. The molecule has 12 heteroatoms. The normalized spacial score (nSPS) is 11.6. The molecule has 0 aliphatic carbocycles. The lowest BCUT2D eigenvalue weighted by Crippen LogP contribution is -2.16. The summed E-state index contributed by atoms with van der Waals surface area (Å²) in [4.78, 5) is 11.2. The second-order valence-electron chi connectivity index (χ2n) is 5.71. The van der Waals surface area contributed by atoms with Crippen LogP contribution >= 0.6 is 34.8 Å². The van der Waals surface area contributed by atoms with Gasteiger partial charge in [0.15, 0.2) is 16.5 Å². The van der Waals surface area contributed by atoms with Gasteiger partial charge in [0.05, 0.1) is 24.7 Å². The average Bonchev–Trinajstić information content (AvgIpc) is 3.16. The van der Waals surface area contributed by atoms with Gasteiger partial charge < -0.3 is 14.8 Å². The van der Waals surface area contributed by atoms with E-state index in [0.717, 1.165) is 0 Å². The Hall–Kier alpha value is -3.01. The van der Waals surface area contributed by atoms with Gasteiger partial charge in [0, 0.05) is 11.8 Å². The number of anilines is 1. The number of hydrogen-bond donors (Lipinski definition) is 1. The van der Waals surface area contributed by atoms with Crippen LogP contribution in [-0.4, -0.2) is 34.1 Å². The number of ether oxygens (including phenoxy) is 2. The molecule has 0 aliphatic rings. The first kappa shape index (κ1) is 21.7. The van der Waals surface area contributed by atoms with Crippen LogP contribution in [0.25, 0.3) is 16.9 Å². The summed E-state index contributed by atoms with van der Waals surface area (Å²) in [5, 5.41) is 22.4. The number of aromatic nitrogens is 3. The van der Waals surface area contributed by atoms with Crippen LogP contribution < -0.4 is 14.8 Å². The van der Waals surface area contributed by atoms with Crippen LogP contribution in [0, 0.1) is 10.1 Å². The van der Waals surface area contributed by atoms with Crippen LogP contribution in [0.2, 0.25) is 0 Å². The highest BCUT2D eigenvalue weighted by Gasteiger charge is 2.29. The molecule has 0 radical (unpaired) electrons. The molecule has 0 saturated carbocycles. The van der Waals surface area contributed by atoms with Crippen LogP contribution in [0.4, 0.5) is 5.69 Å². The highest BCUT2D eigenvalue weighted by Crippen LogP contribution is 2.34. The number of rotatable bonds is 7. The van der Waals surface area contributed by atoms with Crippen molar-refractivity contribution in [2.45, 2.75) is 0 Å². The van der Waals surface area contributed by atoms with Crippen molar-refractivity contribution in [3.05, 3.63) is 67.8 Å². The van der Waals surface area contributed by atoms with Crippen molar-refractivity contribution < 1.29 is 14.4 Å². The maximum atomic E-state index is 11.9. The van der Waals surface area contributed by atoms with E-state index in [2.05, 4.69) is 15.6 Å². The van der Waals surface area contributed by atoms with Crippen LogP contribution in [-0.2, 0) is 0 Å². The van der Waals surface area contributed by atoms with E-state index in [-0.39, 0.29) is 5.82 Å². The molecular formula is C18H14Cl3N5O4. The molecule has 0 unspecified atom stereocenters. The Morgan fingerprint density at radius 1 is 1.10 bits per heavy atom. The molecule has 0 saturated heterocycles. The van der Waals surface area contributed by atoms with Crippen molar-refractivity contribution in [1.29, 1.82) is 0 Å². The molecule has 3 aromatic rings. The molecule has 1 N–H and O–H groups in total. The second kappa shape index (κ2) is 9.21. The smallest absolute Gasteiger partial charge is 0.332 e. The van der Waals surface area contributed by atoms with Gasteiger partial charge >= 0.3 is 5.70 Å². The SMILES string of the molecule is COc1ccc(N/C(=C(/C(Cl)=C(Cl)Cl)[N+](=O)[O-])n2nnc3ccccc32)cc1OC. The number of hydrogen-bond acceptors (Lipinski definition) is 7. The Labute approximate surface area is 185 Å². The molecule has 0 fully saturated rings. The minimum Gasteiger partial charge on any atom is -0.493 e. The van der Waals surface area contributed by atoms with Crippen molar-refractivity contribution in [2.24, 2.45) is 0 Å². The van der Waals surface area contributed by atoms with E-state index in [4.69, 9.17) is 44.3 Å². The fourth-order valence-electron chi connectivity index (χ4n) is 2.66. The van der Waals surface area contributed by atoms with Gasteiger partial charge in [-0.3, -0.25) is 10.1 Å². The summed E-state index contributed by atoms with van der Waals surface area (Å²) >= 11 is 17.6. The van der Waals surface area contributed by atoms with Crippen molar-refractivity contribution in [1.82, 2.24) is 15.0 Å². The summed E-state index contributed by atoms with van der Waals surface area (Å²) in [5.74, 6) is 0.769. The van der Waals surface area contributed by atoms with Gasteiger partial charge in [0.2, 0.25) is 5.82 Å². The Bertz CT molecular complexity index is 1170. The third kappa shape index (κ3) is 4.28. The van der Waals surface area contributed by atoms with Crippen molar-refractivity contribution in [2.75, 3.05) is 19.5 Å². The molecule has 3 rings (SSSR count). The first-order chi connectivity index (χ1) is 14.4. The summed E-state index contributed by atoms with van der Waals surface area (Å²) in [6.45, 7) is 0. The maximum absolute atomic E-state index is 11.9. The van der Waals surface area contributed by atoms with E-state index in [9.17, 15) is 10.1 Å². The van der Waals surface area contributed by atoms with E-state index in [1.165, 1.54) is 18.9 Å². The summed E-state index contributed by atoms with van der Waals surface area (Å²) < 4.78 is 11.3. The van der Waals surface area contributed by atoms with Gasteiger partial charge in [-0.05, 0) is 24.3 Å². The van der Waals surface area contributed by atoms with Gasteiger partial charge in [0.1, 0.15) is 10.0 Å². The number of nitrogens with zero attached hydrogens (tertiary/aromatic N) is 4. The molecular weight excluding hydrogens is 457 g/mol. The monoisotopic (exact) mass is 469 g/mol. The summed E-state index contributed by atoms with van der Waals surface area (Å²) in [7, 11) is 2.97. The quantitative estimate of drug-likeness (QED) is 0.299. The minimum atomic E-state index is -0.716. The lowest BCUT2D eigenvalue weighted by Gasteiger charge is -2.14. The predicted molar refractivity (Wildman–Crippen MR) is 115 cm³/mol. The summed E-state index contributed by atoms with van der Waals surface area (Å²) in [6.07, 6.45) is 0. The fraction of sp³-hybridized carbons (Fsp3) is 0.111. The first-order valence-electron chi connectivity index (χ1n) is 8.27. The minimum absolute atomic E-state index is 0.121. The van der Waals surface area contributed by atoms with Crippen molar-refractivity contribution in [3.63, 3.8) is 0 Å². The van der Waals surface area contributed by atoms with Crippen LogP contribution in [0.1, 0.15) is 0 Å². The molecule has 0 spiro atoms. The zero-order valence-electron chi connectivity index (χ0n) is 15.6. The Morgan fingerprint density at radius 3 is 2.43 bits per heavy atom. The lowest BCUT2D eigenvalue weighted by atomic mass is 10.2. The molecule has 0 atom stereocenters. The number of nitro groups is 1. The van der Waals surface area contributed by atoms with Gasteiger partial charge in [0.25, 0.3) is 0 Å². The number of para-hydroxylation sites is 1. The standard InChI is InChI=1S/C18H14Cl3N5O4/c1-29-13-8-7-10(9-14(13)30-2)22-18(16(26(27)28)15(19)17(20)21)25-12-6-4-3-5-11(12)23-24-25/h3-9,22H,1-2H3/b18-16+. The Morgan fingerprint density at radius 2 is 1.80 bits per heavy atom. The zero-order chi connectivity index (χ0) is 21.8. The van der Waals surface area contributed by atoms with E-state index < -0.39 is 20.1 Å². The lowest BCUT2D eigenvalue weighted by molar-refractivity contribution is -0.419. The number of nitrogens with one attached hydrogen (secondary N) is 1. The molecule has 2 aromatic carbocycles. The van der Waals surface area contributed by atoms with Crippen molar-refractivity contribution in [3.8, 4) is 11.5 Å². The third-order valence-corrected chi connectivity index (χ3v) is 4.93. The third-order valence-electron chi connectivity index (χ3n) is 3.99. The number of allylic oxidation sites excluding steroid dienone is 1. The molecule has 156 valence electrons. The average molecular weight is 471 g/mol. The fourth-order valence-corrected chi connectivity index (χ4v) is 2.99. The Kier molecular flexibility index (Phi) is 6.66. The van der Waals surface area contributed by atoms with Gasteiger partial charge in [-0.2, -0.15) is 4.68 Å².